The summed E-state index contributed by atoms with van der Waals surface area (Å²) in [6, 6.07) is 0. The molecule has 1 heterocycles. The maximum absolute atomic E-state index is 10.3. The predicted molar refractivity (Wildman–Crippen MR) is 43.8 cm³/mol. The molecule has 0 bridgehead atoms. The molecule has 72 valence electrons. The van der Waals surface area contributed by atoms with Crippen molar-refractivity contribution in [3.8, 4) is 0 Å². The lowest BCUT2D eigenvalue weighted by atomic mass is 10.8. The summed E-state index contributed by atoms with van der Waals surface area (Å²) >= 11 is 0. The van der Waals surface area contributed by atoms with Crippen molar-refractivity contribution in [1.82, 2.24) is 15.0 Å². The first kappa shape index (κ1) is 9.41. The zero-order valence-corrected chi connectivity index (χ0v) is 6.98. The Kier molecular flexibility index (Phi) is 2.16. The highest BCUT2D eigenvalue weighted by atomic mass is 32.2. The fraction of sp³-hybridized carbons (Fsp3) is 0. The quantitative estimate of drug-likeness (QED) is 0.415. The smallest absolute Gasteiger partial charge is 0.359 e. The van der Waals surface area contributed by atoms with Gasteiger partial charge in [-0.15, -0.1) is 0 Å². The highest BCUT2D eigenvalue weighted by molar-refractivity contribution is 7.87. The van der Waals surface area contributed by atoms with Crippen molar-refractivity contribution in [3.05, 3.63) is 0 Å². The molecule has 0 amide bonds. The molecule has 6 N–H and O–H groups in total. The predicted octanol–water partition coefficient (Wildman–Crippen LogP) is -1.75. The van der Waals surface area contributed by atoms with E-state index in [2.05, 4.69) is 15.0 Å². The molecule has 13 heavy (non-hydrogen) atoms. The second-order valence-corrected chi connectivity index (χ2v) is 3.11. The first-order chi connectivity index (χ1) is 5.87. The summed E-state index contributed by atoms with van der Waals surface area (Å²) in [5.74, 6) is -0.940. The van der Waals surface area contributed by atoms with Gasteiger partial charge in [-0.3, -0.25) is 4.55 Å². The Morgan fingerprint density at radius 1 is 1.15 bits per heavy atom. The van der Waals surface area contributed by atoms with Gasteiger partial charge in [-0.2, -0.15) is 23.4 Å². The monoisotopic (exact) mass is 206 g/mol. The first-order valence-electron chi connectivity index (χ1n) is 2.89. The Balaban J connectivity index is 3.03. The minimum absolute atomic E-state index is 0.251. The maximum Gasteiger partial charge on any atom is 0.359 e. The molecule has 0 saturated heterocycles. The molecular formula is C3H6N6O3S. The average molecular weight is 206 g/mol. The molecule has 0 aliphatic carbocycles. The third-order valence-corrected chi connectivity index (χ3v) is 1.33. The summed E-state index contributed by atoms with van der Waals surface area (Å²) in [5, 5.41) is 0. The molecule has 0 aliphatic rings. The molecule has 0 saturated carbocycles. The Bertz CT molecular complexity index is 395. The van der Waals surface area contributed by atoms with E-state index in [4.69, 9.17) is 16.0 Å². The van der Waals surface area contributed by atoms with Crippen LogP contribution in [0.2, 0.25) is 0 Å². The van der Waals surface area contributed by atoms with Crippen LogP contribution in [-0.2, 0) is 10.3 Å². The van der Waals surface area contributed by atoms with Gasteiger partial charge in [0, 0.05) is 0 Å². The van der Waals surface area contributed by atoms with Gasteiger partial charge in [-0.05, 0) is 0 Å². The van der Waals surface area contributed by atoms with Crippen LogP contribution in [0.25, 0.3) is 0 Å². The van der Waals surface area contributed by atoms with Crippen LogP contribution < -0.4 is 16.2 Å². The van der Waals surface area contributed by atoms with Gasteiger partial charge in [-0.25, -0.2) is 4.72 Å². The molecule has 0 radical (unpaired) electrons. The maximum atomic E-state index is 10.3. The number of nitrogens with zero attached hydrogens (tertiary/aromatic N) is 3. The third-order valence-electron chi connectivity index (χ3n) is 0.890. The first-order valence-corrected chi connectivity index (χ1v) is 4.33. The number of aromatic nitrogens is 3. The molecule has 0 unspecified atom stereocenters. The van der Waals surface area contributed by atoms with Gasteiger partial charge >= 0.3 is 10.3 Å². The van der Waals surface area contributed by atoms with E-state index in [1.54, 1.807) is 4.72 Å². The number of hydrogen-bond donors (Lipinski definition) is 4. The topological polar surface area (TPSA) is 157 Å². The van der Waals surface area contributed by atoms with Gasteiger partial charge in [0.05, 0.1) is 0 Å². The van der Waals surface area contributed by atoms with E-state index in [1.807, 2.05) is 0 Å². The van der Waals surface area contributed by atoms with Crippen molar-refractivity contribution in [2.75, 3.05) is 16.2 Å². The largest absolute Gasteiger partial charge is 0.368 e. The molecular weight excluding hydrogens is 200 g/mol. The Morgan fingerprint density at radius 2 is 1.62 bits per heavy atom. The van der Waals surface area contributed by atoms with E-state index in [0.29, 0.717) is 0 Å². The molecule has 0 aliphatic heterocycles. The van der Waals surface area contributed by atoms with Crippen molar-refractivity contribution in [2.45, 2.75) is 0 Å². The zero-order valence-electron chi connectivity index (χ0n) is 6.17. The van der Waals surface area contributed by atoms with Gasteiger partial charge in [0.2, 0.25) is 17.8 Å². The highest BCUT2D eigenvalue weighted by Crippen LogP contribution is 2.04. The van der Waals surface area contributed by atoms with Gasteiger partial charge in [0.25, 0.3) is 0 Å². The van der Waals surface area contributed by atoms with Crippen LogP contribution in [0, 0.1) is 0 Å². The van der Waals surface area contributed by atoms with Crippen molar-refractivity contribution < 1.29 is 13.0 Å². The van der Waals surface area contributed by atoms with Gasteiger partial charge in [0.1, 0.15) is 0 Å². The van der Waals surface area contributed by atoms with E-state index in [0.717, 1.165) is 0 Å². The normalized spacial score (nSPS) is 11.2. The van der Waals surface area contributed by atoms with Crippen LogP contribution in [-0.4, -0.2) is 27.9 Å². The average Bonchev–Trinajstić information content (AvgIpc) is 1.78. The van der Waals surface area contributed by atoms with E-state index in [-0.39, 0.29) is 11.9 Å². The summed E-state index contributed by atoms with van der Waals surface area (Å²) in [4.78, 5) is 10.1. The molecule has 1 aromatic heterocycles. The Labute approximate surface area is 73.1 Å². The SMILES string of the molecule is Nc1nc(N)nc(NS(=O)(=O)O)n1. The molecule has 10 heteroatoms. The lowest BCUT2D eigenvalue weighted by Gasteiger charge is -2.01. The number of rotatable bonds is 2. The molecule has 0 spiro atoms. The van der Waals surface area contributed by atoms with E-state index in [9.17, 15) is 8.42 Å². The van der Waals surface area contributed by atoms with E-state index in [1.165, 1.54) is 0 Å². The molecule has 0 atom stereocenters. The van der Waals surface area contributed by atoms with E-state index < -0.39 is 16.3 Å². The van der Waals surface area contributed by atoms with Crippen LogP contribution in [0.15, 0.2) is 0 Å². The lowest BCUT2D eigenvalue weighted by Crippen LogP contribution is -2.15. The molecule has 1 rings (SSSR count). The van der Waals surface area contributed by atoms with Gasteiger partial charge < -0.3 is 11.5 Å². The number of hydrogen-bond acceptors (Lipinski definition) is 7. The summed E-state index contributed by atoms with van der Waals surface area (Å²) < 4.78 is 30.5. The van der Waals surface area contributed by atoms with Crippen LogP contribution >= 0.6 is 0 Å². The zero-order chi connectivity index (χ0) is 10.1. The lowest BCUT2D eigenvalue weighted by molar-refractivity contribution is 0.489. The molecule has 0 fully saturated rings. The number of anilines is 3. The number of nitrogens with one attached hydrogen (secondary N) is 1. The molecule has 0 aromatic carbocycles. The molecule has 1 aromatic rings. The summed E-state index contributed by atoms with van der Waals surface area (Å²) in [6.07, 6.45) is 0. The van der Waals surface area contributed by atoms with Crippen molar-refractivity contribution in [3.63, 3.8) is 0 Å². The van der Waals surface area contributed by atoms with E-state index >= 15 is 0 Å². The second-order valence-electron chi connectivity index (χ2n) is 1.95. The summed E-state index contributed by atoms with van der Waals surface area (Å²) in [6.45, 7) is 0. The van der Waals surface area contributed by atoms with Crippen molar-refractivity contribution >= 4 is 28.1 Å². The van der Waals surface area contributed by atoms with Crippen LogP contribution in [0.4, 0.5) is 17.8 Å². The standard InChI is InChI=1S/C3H6N6O3S/c4-1-6-2(5)8-3(7-1)9-13(10,11)12/h(H,10,11,12)(H5,4,5,6,7,8,9). The van der Waals surface area contributed by atoms with Gasteiger partial charge in [-0.1, -0.05) is 0 Å². The summed E-state index contributed by atoms with van der Waals surface area (Å²) in [5.41, 5.74) is 10.2. The van der Waals surface area contributed by atoms with Crippen molar-refractivity contribution in [2.24, 2.45) is 0 Å². The minimum atomic E-state index is -4.42. The highest BCUT2D eigenvalue weighted by Gasteiger charge is 2.08. The van der Waals surface area contributed by atoms with Crippen LogP contribution in [0.5, 0.6) is 0 Å². The third kappa shape index (κ3) is 3.04. The molecule has 9 nitrogen and oxygen atoms in total. The van der Waals surface area contributed by atoms with Crippen molar-refractivity contribution in [1.29, 1.82) is 0 Å². The Morgan fingerprint density at radius 3 is 2.00 bits per heavy atom. The fourth-order valence-corrected chi connectivity index (χ4v) is 0.892. The Hall–Kier alpha value is -1.68. The number of nitrogens with two attached hydrogens (primary N) is 2. The van der Waals surface area contributed by atoms with Gasteiger partial charge in [0.15, 0.2) is 0 Å². The fourth-order valence-electron chi connectivity index (χ4n) is 0.570. The van der Waals surface area contributed by atoms with Crippen LogP contribution in [0.1, 0.15) is 0 Å². The number of nitrogen functional groups attached to an aromatic ring is 2. The minimum Gasteiger partial charge on any atom is -0.368 e. The summed E-state index contributed by atoms with van der Waals surface area (Å²) in [7, 11) is -4.42. The van der Waals surface area contributed by atoms with Crippen LogP contribution in [0.3, 0.4) is 0 Å². The second kappa shape index (κ2) is 2.99.